The van der Waals surface area contributed by atoms with Crippen molar-refractivity contribution in [1.82, 2.24) is 40.2 Å². The van der Waals surface area contributed by atoms with E-state index < -0.39 is 11.9 Å². The third-order valence-electron chi connectivity index (χ3n) is 12.2. The molecule has 58 heavy (non-hydrogen) atoms. The lowest BCUT2D eigenvalue weighted by Crippen LogP contribution is -2.53. The number of carbonyl (C=O) groups is 3. The monoisotopic (exact) mass is 788 g/mol. The van der Waals surface area contributed by atoms with Gasteiger partial charge in [0.05, 0.1) is 41.2 Å². The number of fused-ring (bicyclic) bond motifs is 2. The number of nitrogens with zero attached hydrogens (tertiary/aromatic N) is 8. The van der Waals surface area contributed by atoms with Crippen LogP contribution < -0.4 is 19.9 Å². The Kier molecular flexibility index (Phi) is 10.6. The molecule has 4 fully saturated rings. The van der Waals surface area contributed by atoms with Crippen LogP contribution in [0.4, 0.5) is 11.5 Å². The summed E-state index contributed by atoms with van der Waals surface area (Å²) >= 11 is 0. The van der Waals surface area contributed by atoms with Gasteiger partial charge in [-0.2, -0.15) is 5.10 Å². The molecule has 2 N–H and O–H groups in total. The topological polar surface area (TPSA) is 152 Å². The first-order valence-corrected chi connectivity index (χ1v) is 20.7. The molecule has 2 atom stereocenters. The number of hydrogen-bond acceptors (Lipinski definition) is 12. The van der Waals surface area contributed by atoms with Gasteiger partial charge in [-0.15, -0.1) is 0 Å². The number of rotatable bonds is 10. The van der Waals surface area contributed by atoms with Gasteiger partial charge in [0.1, 0.15) is 29.6 Å². The Hall–Kier alpha value is -5.38. The molecule has 0 aliphatic carbocycles. The number of morpholine rings is 1. The Morgan fingerprint density at radius 1 is 0.862 bits per heavy atom. The zero-order valence-corrected chi connectivity index (χ0v) is 33.4. The number of hydrogen-bond donors (Lipinski definition) is 2. The molecule has 0 saturated carbocycles. The van der Waals surface area contributed by atoms with Crippen LogP contribution in [0.2, 0.25) is 0 Å². The summed E-state index contributed by atoms with van der Waals surface area (Å²) in [5.41, 5.74) is 4.82. The van der Waals surface area contributed by atoms with Gasteiger partial charge in [-0.3, -0.25) is 29.3 Å². The third-order valence-corrected chi connectivity index (χ3v) is 12.2. The highest BCUT2D eigenvalue weighted by Crippen LogP contribution is 2.34. The zero-order chi connectivity index (χ0) is 39.9. The smallest absolute Gasteiger partial charge is 0.262 e. The first-order chi connectivity index (χ1) is 28.2. The van der Waals surface area contributed by atoms with Crippen LogP contribution in [-0.2, 0) is 9.53 Å². The third kappa shape index (κ3) is 7.77. The normalized spacial score (nSPS) is 22.6. The standard InChI is InChI=1S/C43H52N10O5/c1-27(2)58-31-6-8-36-35(21-31)40(48-47-36)37-22-39(45-26-44-37)52-18-19-57-32(25-52)24-50-16-14-49(15-17-50)23-29-10-12-51(13-11-29)30-5-7-33-34(20-30)43(56)53(42(33)55)38-9-4-28(3)46-41(38)54/h5-8,20-22,26-27,29,32,38H,3-4,9-19,23-25H2,1-2H3,(H,46,54)(H,47,48)/t32-,38?/m0/s1. The molecule has 0 spiro atoms. The van der Waals surface area contributed by atoms with Gasteiger partial charge in [0.15, 0.2) is 0 Å². The molecule has 5 aliphatic heterocycles. The van der Waals surface area contributed by atoms with Crippen molar-refractivity contribution in [3.8, 4) is 17.1 Å². The van der Waals surface area contributed by atoms with E-state index in [9.17, 15) is 14.4 Å². The van der Waals surface area contributed by atoms with Crippen LogP contribution in [0.3, 0.4) is 0 Å². The number of aromatic amines is 1. The number of amides is 3. The van der Waals surface area contributed by atoms with E-state index >= 15 is 0 Å². The number of carbonyl (C=O) groups excluding carboxylic acids is 3. The molecule has 5 aliphatic rings. The van der Waals surface area contributed by atoms with E-state index in [4.69, 9.17) is 9.47 Å². The molecule has 15 nitrogen and oxygen atoms in total. The highest BCUT2D eigenvalue weighted by molar-refractivity contribution is 6.23. The van der Waals surface area contributed by atoms with Gasteiger partial charge in [-0.25, -0.2) is 9.97 Å². The first-order valence-electron chi connectivity index (χ1n) is 20.7. The minimum absolute atomic E-state index is 0.0807. The maximum atomic E-state index is 13.4. The van der Waals surface area contributed by atoms with Gasteiger partial charge < -0.3 is 29.5 Å². The van der Waals surface area contributed by atoms with Crippen molar-refractivity contribution >= 4 is 40.1 Å². The number of ether oxygens (including phenoxy) is 2. The Bertz CT molecular complexity index is 2210. The summed E-state index contributed by atoms with van der Waals surface area (Å²) in [5.74, 6) is 1.17. The number of anilines is 2. The second-order valence-corrected chi connectivity index (χ2v) is 16.5. The fourth-order valence-electron chi connectivity index (χ4n) is 9.14. The average molecular weight is 789 g/mol. The van der Waals surface area contributed by atoms with Gasteiger partial charge in [0.25, 0.3) is 11.8 Å². The molecule has 2 aromatic heterocycles. The predicted octanol–water partition coefficient (Wildman–Crippen LogP) is 3.93. The molecule has 2 aromatic carbocycles. The summed E-state index contributed by atoms with van der Waals surface area (Å²) in [6.45, 7) is 17.9. The number of imide groups is 1. The van der Waals surface area contributed by atoms with Crippen LogP contribution in [0.15, 0.2) is 61.1 Å². The SMILES string of the molecule is C=C1CCC(N2C(=O)c3ccc(N4CCC(CN5CCN(C[C@H]6CN(c7cc(-c8n[nH]c9ccc(OC(C)C)cc89)ncn7)CCO6)CC5)CC4)cc3C2=O)C(=O)N1. The van der Waals surface area contributed by atoms with Crippen LogP contribution in [-0.4, -0.2) is 143 Å². The summed E-state index contributed by atoms with van der Waals surface area (Å²) in [5, 5.41) is 11.4. The molecule has 4 aromatic rings. The van der Waals surface area contributed by atoms with E-state index in [1.807, 2.05) is 50.2 Å². The lowest BCUT2D eigenvalue weighted by Gasteiger charge is -2.41. The lowest BCUT2D eigenvalue weighted by molar-refractivity contribution is -0.125. The van der Waals surface area contributed by atoms with E-state index in [0.717, 1.165) is 123 Å². The molecule has 304 valence electrons. The highest BCUT2D eigenvalue weighted by Gasteiger charge is 2.44. The second-order valence-electron chi connectivity index (χ2n) is 16.5. The summed E-state index contributed by atoms with van der Waals surface area (Å²) in [6, 6.07) is 12.7. The maximum absolute atomic E-state index is 13.4. The van der Waals surface area contributed by atoms with Crippen molar-refractivity contribution in [3.63, 3.8) is 0 Å². The fourth-order valence-corrected chi connectivity index (χ4v) is 9.14. The van der Waals surface area contributed by atoms with E-state index in [1.165, 1.54) is 0 Å². The number of allylic oxidation sites excluding steroid dienone is 1. The Morgan fingerprint density at radius 3 is 2.41 bits per heavy atom. The Morgan fingerprint density at radius 2 is 1.64 bits per heavy atom. The molecule has 1 unspecified atom stereocenters. The number of benzene rings is 2. The highest BCUT2D eigenvalue weighted by atomic mass is 16.5. The van der Waals surface area contributed by atoms with E-state index in [0.29, 0.717) is 42.2 Å². The molecule has 0 bridgehead atoms. The number of aromatic nitrogens is 4. The van der Waals surface area contributed by atoms with Crippen molar-refractivity contribution in [2.75, 3.05) is 81.9 Å². The van der Waals surface area contributed by atoms with E-state index in [-0.39, 0.29) is 24.0 Å². The molecule has 0 radical (unpaired) electrons. The van der Waals surface area contributed by atoms with E-state index in [2.05, 4.69) is 51.7 Å². The summed E-state index contributed by atoms with van der Waals surface area (Å²) in [4.78, 5) is 59.4. The Labute approximate surface area is 338 Å². The Balaban J connectivity index is 0.739. The average Bonchev–Trinajstić information content (AvgIpc) is 3.76. The van der Waals surface area contributed by atoms with Crippen LogP contribution >= 0.6 is 0 Å². The van der Waals surface area contributed by atoms with Gasteiger partial charge in [0, 0.05) is 88.3 Å². The molecule has 3 amide bonds. The minimum Gasteiger partial charge on any atom is -0.491 e. The molecular formula is C43H52N10O5. The fraction of sp³-hybridized carbons (Fsp3) is 0.488. The van der Waals surface area contributed by atoms with Crippen molar-refractivity contribution in [1.29, 1.82) is 0 Å². The van der Waals surface area contributed by atoms with Gasteiger partial charge in [-0.1, -0.05) is 6.58 Å². The van der Waals surface area contributed by atoms with Crippen LogP contribution in [0.1, 0.15) is 60.2 Å². The molecular weight excluding hydrogens is 737 g/mol. The first kappa shape index (κ1) is 38.2. The van der Waals surface area contributed by atoms with E-state index in [1.54, 1.807) is 12.4 Å². The van der Waals surface area contributed by atoms with Crippen LogP contribution in [0.5, 0.6) is 5.75 Å². The van der Waals surface area contributed by atoms with Crippen molar-refractivity contribution < 1.29 is 23.9 Å². The van der Waals surface area contributed by atoms with Crippen LogP contribution in [0.25, 0.3) is 22.3 Å². The number of nitrogens with one attached hydrogen (secondary N) is 2. The molecule has 15 heteroatoms. The van der Waals surface area contributed by atoms with Crippen molar-refractivity contribution in [2.45, 2.75) is 57.8 Å². The quantitative estimate of drug-likeness (QED) is 0.224. The number of H-pyrrole nitrogens is 1. The molecule has 7 heterocycles. The van der Waals surface area contributed by atoms with Gasteiger partial charge in [-0.05, 0) is 81.8 Å². The largest absolute Gasteiger partial charge is 0.491 e. The number of piperidine rings is 2. The lowest BCUT2D eigenvalue weighted by atomic mass is 9.95. The summed E-state index contributed by atoms with van der Waals surface area (Å²) in [6.07, 6.45) is 4.88. The van der Waals surface area contributed by atoms with Gasteiger partial charge >= 0.3 is 0 Å². The molecule has 9 rings (SSSR count). The zero-order valence-electron chi connectivity index (χ0n) is 33.4. The second kappa shape index (κ2) is 16.1. The molecule has 4 saturated heterocycles. The van der Waals surface area contributed by atoms with Gasteiger partial charge in [0.2, 0.25) is 5.91 Å². The maximum Gasteiger partial charge on any atom is 0.262 e. The minimum atomic E-state index is -0.801. The number of piperazine rings is 1. The van der Waals surface area contributed by atoms with Crippen molar-refractivity contribution in [2.24, 2.45) is 5.92 Å². The van der Waals surface area contributed by atoms with Crippen LogP contribution in [0, 0.1) is 5.92 Å². The summed E-state index contributed by atoms with van der Waals surface area (Å²) < 4.78 is 12.2. The summed E-state index contributed by atoms with van der Waals surface area (Å²) in [7, 11) is 0. The predicted molar refractivity (Wildman–Crippen MR) is 220 cm³/mol. The van der Waals surface area contributed by atoms with Crippen molar-refractivity contribution in [3.05, 3.63) is 72.2 Å².